The van der Waals surface area contributed by atoms with Gasteiger partial charge in [0.1, 0.15) is 23.7 Å². The van der Waals surface area contributed by atoms with Gasteiger partial charge in [0.15, 0.2) is 5.11 Å². The molecule has 1 N–H and O–H groups in total. The number of nitrogens with zero attached hydrogens (tertiary/aromatic N) is 1. The van der Waals surface area contributed by atoms with Crippen molar-refractivity contribution in [3.63, 3.8) is 0 Å². The van der Waals surface area contributed by atoms with Gasteiger partial charge in [-0.3, -0.25) is 19.8 Å². The van der Waals surface area contributed by atoms with E-state index < -0.39 is 17.6 Å². The van der Waals surface area contributed by atoms with Crippen molar-refractivity contribution in [3.8, 4) is 5.75 Å². The molecule has 0 unspecified atom stereocenters. The first-order chi connectivity index (χ1) is 16.2. The van der Waals surface area contributed by atoms with E-state index in [0.717, 1.165) is 14.0 Å². The summed E-state index contributed by atoms with van der Waals surface area (Å²) < 4.78 is 19.9. The van der Waals surface area contributed by atoms with Crippen LogP contribution in [0.25, 0.3) is 6.08 Å². The minimum absolute atomic E-state index is 0.0700. The SMILES string of the molecule is O=C1NC(=S)N(c2ccc(F)cc2)C(=O)/C1=C\c1ccc(OCc2ccc(Cl)c(Cl)c2)c(I)c1. The monoisotopic (exact) mass is 626 g/mol. The number of rotatable bonds is 5. The summed E-state index contributed by atoms with van der Waals surface area (Å²) in [5.41, 5.74) is 1.73. The van der Waals surface area contributed by atoms with Gasteiger partial charge < -0.3 is 4.74 Å². The van der Waals surface area contributed by atoms with Crippen LogP contribution in [0.5, 0.6) is 5.75 Å². The van der Waals surface area contributed by atoms with E-state index >= 15 is 0 Å². The summed E-state index contributed by atoms with van der Waals surface area (Å²) in [6, 6.07) is 15.8. The zero-order valence-corrected chi connectivity index (χ0v) is 21.6. The van der Waals surface area contributed by atoms with E-state index in [9.17, 15) is 14.0 Å². The molecule has 0 radical (unpaired) electrons. The molecule has 1 heterocycles. The van der Waals surface area contributed by atoms with Crippen LogP contribution < -0.4 is 15.0 Å². The summed E-state index contributed by atoms with van der Waals surface area (Å²) in [5.74, 6) is -1.03. The van der Waals surface area contributed by atoms with Crippen LogP contribution >= 0.6 is 58.0 Å². The third-order valence-corrected chi connectivity index (χ3v) is 6.70. The second kappa shape index (κ2) is 10.4. The Labute approximate surface area is 223 Å². The molecule has 0 bridgehead atoms. The van der Waals surface area contributed by atoms with Crippen LogP contribution in [0.1, 0.15) is 11.1 Å². The van der Waals surface area contributed by atoms with E-state index in [4.69, 9.17) is 40.2 Å². The first-order valence-electron chi connectivity index (χ1n) is 9.76. The highest BCUT2D eigenvalue weighted by Crippen LogP contribution is 2.28. The summed E-state index contributed by atoms with van der Waals surface area (Å²) in [4.78, 5) is 26.7. The van der Waals surface area contributed by atoms with E-state index in [-0.39, 0.29) is 17.3 Å². The molecule has 0 atom stereocenters. The molecule has 5 nitrogen and oxygen atoms in total. The van der Waals surface area contributed by atoms with Gasteiger partial charge in [0.25, 0.3) is 11.8 Å². The molecule has 1 aliphatic rings. The molecule has 1 fully saturated rings. The molecule has 172 valence electrons. The number of amides is 2. The van der Waals surface area contributed by atoms with Gasteiger partial charge in [-0.15, -0.1) is 0 Å². The maximum Gasteiger partial charge on any atom is 0.270 e. The van der Waals surface area contributed by atoms with Crippen molar-refractivity contribution in [3.05, 3.63) is 96.8 Å². The Kier molecular flexibility index (Phi) is 7.51. The van der Waals surface area contributed by atoms with Crippen molar-refractivity contribution in [1.82, 2.24) is 5.32 Å². The number of anilines is 1. The minimum Gasteiger partial charge on any atom is -0.488 e. The van der Waals surface area contributed by atoms with Gasteiger partial charge >= 0.3 is 0 Å². The Bertz CT molecular complexity index is 1350. The maximum atomic E-state index is 13.3. The van der Waals surface area contributed by atoms with Gasteiger partial charge in [-0.25, -0.2) is 4.39 Å². The number of carbonyl (C=O) groups excluding carboxylic acids is 2. The van der Waals surface area contributed by atoms with Crippen molar-refractivity contribution in [1.29, 1.82) is 0 Å². The number of carbonyl (C=O) groups is 2. The maximum absolute atomic E-state index is 13.3. The molecule has 0 aliphatic carbocycles. The fraction of sp³-hybridized carbons (Fsp3) is 0.0417. The lowest BCUT2D eigenvalue weighted by molar-refractivity contribution is -0.122. The number of halogens is 4. The highest BCUT2D eigenvalue weighted by atomic mass is 127. The van der Waals surface area contributed by atoms with Gasteiger partial charge in [-0.05, 0) is 101 Å². The lowest BCUT2D eigenvalue weighted by Crippen LogP contribution is -2.54. The second-order valence-electron chi connectivity index (χ2n) is 7.16. The van der Waals surface area contributed by atoms with E-state index in [2.05, 4.69) is 27.9 Å². The molecular formula is C24H14Cl2FIN2O3S. The van der Waals surface area contributed by atoms with Gasteiger partial charge in [0.05, 0.1) is 19.3 Å². The zero-order valence-electron chi connectivity index (χ0n) is 17.2. The van der Waals surface area contributed by atoms with Crippen LogP contribution in [0.15, 0.2) is 66.2 Å². The number of hydrogen-bond acceptors (Lipinski definition) is 4. The first-order valence-corrected chi connectivity index (χ1v) is 12.0. The Balaban J connectivity index is 1.55. The average Bonchev–Trinajstić information content (AvgIpc) is 2.79. The predicted octanol–water partition coefficient (Wildman–Crippen LogP) is 6.15. The fourth-order valence-electron chi connectivity index (χ4n) is 3.16. The Hall–Kier alpha value is -2.53. The normalized spacial score (nSPS) is 15.0. The number of nitrogens with one attached hydrogen (secondary N) is 1. The summed E-state index contributed by atoms with van der Waals surface area (Å²) in [5, 5.41) is 3.35. The molecule has 0 saturated carbocycles. The van der Waals surface area contributed by atoms with E-state index in [1.807, 2.05) is 6.07 Å². The number of ether oxygens (including phenoxy) is 1. The van der Waals surface area contributed by atoms with E-state index in [1.165, 1.54) is 30.3 Å². The van der Waals surface area contributed by atoms with Gasteiger partial charge in [0.2, 0.25) is 0 Å². The quantitative estimate of drug-likeness (QED) is 0.160. The van der Waals surface area contributed by atoms with Crippen LogP contribution in [0.4, 0.5) is 10.1 Å². The molecule has 34 heavy (non-hydrogen) atoms. The minimum atomic E-state index is -0.608. The molecule has 3 aromatic rings. The molecule has 4 rings (SSSR count). The van der Waals surface area contributed by atoms with Crippen LogP contribution in [-0.4, -0.2) is 16.9 Å². The van der Waals surface area contributed by atoms with Gasteiger partial charge in [-0.1, -0.05) is 35.3 Å². The van der Waals surface area contributed by atoms with Crippen LogP contribution in [0.2, 0.25) is 10.0 Å². The van der Waals surface area contributed by atoms with Crippen molar-refractivity contribution in [2.45, 2.75) is 6.61 Å². The van der Waals surface area contributed by atoms with Crippen LogP contribution in [0, 0.1) is 9.39 Å². The third-order valence-electron chi connectivity index (χ3n) is 4.83. The summed E-state index contributed by atoms with van der Waals surface area (Å²) in [6.07, 6.45) is 1.47. The third kappa shape index (κ3) is 5.41. The zero-order chi connectivity index (χ0) is 24.4. The first kappa shape index (κ1) is 24.6. The molecule has 10 heteroatoms. The summed E-state index contributed by atoms with van der Waals surface area (Å²) in [6.45, 7) is 0.290. The topological polar surface area (TPSA) is 58.6 Å². The standard InChI is InChI=1S/C24H14Cl2FIN2O3S/c25-18-7-1-14(10-19(18)26)12-33-21-8-2-13(11-20(21)28)9-17-22(31)29-24(34)30(23(17)32)16-5-3-15(27)4-6-16/h1-11H,12H2,(H,29,31,34)/b17-9-. The molecule has 1 aliphatic heterocycles. The van der Waals surface area contributed by atoms with Crippen molar-refractivity contribution >= 4 is 86.7 Å². The van der Waals surface area contributed by atoms with Crippen molar-refractivity contribution < 1.29 is 18.7 Å². The Morgan fingerprint density at radius 1 is 1.03 bits per heavy atom. The Morgan fingerprint density at radius 3 is 2.44 bits per heavy atom. The molecule has 1 saturated heterocycles. The second-order valence-corrected chi connectivity index (χ2v) is 9.52. The molecule has 2 amide bonds. The molecule has 3 aromatic carbocycles. The lowest BCUT2D eigenvalue weighted by atomic mass is 10.1. The summed E-state index contributed by atoms with van der Waals surface area (Å²) in [7, 11) is 0. The predicted molar refractivity (Wildman–Crippen MR) is 143 cm³/mol. The lowest BCUT2D eigenvalue weighted by Gasteiger charge is -2.28. The van der Waals surface area contributed by atoms with Crippen molar-refractivity contribution in [2.24, 2.45) is 0 Å². The van der Waals surface area contributed by atoms with E-state index in [0.29, 0.717) is 27.0 Å². The Morgan fingerprint density at radius 2 is 1.76 bits per heavy atom. The van der Waals surface area contributed by atoms with E-state index in [1.54, 1.807) is 30.3 Å². The number of thiocarbonyl (C=S) groups is 1. The van der Waals surface area contributed by atoms with Crippen LogP contribution in [0.3, 0.4) is 0 Å². The summed E-state index contributed by atoms with van der Waals surface area (Å²) >= 11 is 19.3. The number of benzene rings is 3. The van der Waals surface area contributed by atoms with Gasteiger partial charge in [0, 0.05) is 0 Å². The average molecular weight is 627 g/mol. The largest absolute Gasteiger partial charge is 0.488 e. The number of hydrogen-bond donors (Lipinski definition) is 1. The fourth-order valence-corrected chi connectivity index (χ4v) is 4.46. The molecular weight excluding hydrogens is 613 g/mol. The van der Waals surface area contributed by atoms with Gasteiger partial charge in [-0.2, -0.15) is 0 Å². The van der Waals surface area contributed by atoms with Crippen LogP contribution in [-0.2, 0) is 16.2 Å². The van der Waals surface area contributed by atoms with Crippen molar-refractivity contribution in [2.75, 3.05) is 4.90 Å². The highest BCUT2D eigenvalue weighted by molar-refractivity contribution is 14.1. The molecule has 0 spiro atoms. The smallest absolute Gasteiger partial charge is 0.270 e. The highest BCUT2D eigenvalue weighted by Gasteiger charge is 2.34. The molecule has 0 aromatic heterocycles.